The number of amides is 1. The second kappa shape index (κ2) is 6.61. The van der Waals surface area contributed by atoms with Crippen molar-refractivity contribution in [2.75, 3.05) is 0 Å². The molecule has 1 N–H and O–H groups in total. The Bertz CT molecular complexity index is 486. The maximum atomic E-state index is 13.5. The van der Waals surface area contributed by atoms with Crippen molar-refractivity contribution in [2.45, 2.75) is 43.0 Å². The van der Waals surface area contributed by atoms with Crippen LogP contribution in [0.3, 0.4) is 0 Å². The molecule has 0 bridgehead atoms. The van der Waals surface area contributed by atoms with Crippen LogP contribution in [-0.2, 0) is 0 Å². The Hall–Kier alpha value is -1.04. The van der Waals surface area contributed by atoms with Crippen molar-refractivity contribution in [3.05, 3.63) is 35.1 Å². The first-order valence-corrected chi connectivity index (χ1v) is 7.50. The molecule has 110 valence electrons. The van der Waals surface area contributed by atoms with Crippen molar-refractivity contribution in [2.24, 2.45) is 0 Å². The maximum Gasteiger partial charge on any atom is 0.257 e. The van der Waals surface area contributed by atoms with Gasteiger partial charge < -0.3 is 5.32 Å². The zero-order chi connectivity index (χ0) is 14.7. The SMILES string of the molecule is O=C(NC1CCCCCC1Br)c1c(F)cc(F)cc1F. The first kappa shape index (κ1) is 15.4. The molecule has 20 heavy (non-hydrogen) atoms. The van der Waals surface area contributed by atoms with E-state index in [0.29, 0.717) is 12.1 Å². The van der Waals surface area contributed by atoms with Gasteiger partial charge in [-0.25, -0.2) is 13.2 Å². The Balaban J connectivity index is 2.15. The van der Waals surface area contributed by atoms with Gasteiger partial charge in [0.1, 0.15) is 23.0 Å². The lowest BCUT2D eigenvalue weighted by Crippen LogP contribution is -2.41. The van der Waals surface area contributed by atoms with Crippen LogP contribution < -0.4 is 5.32 Å². The van der Waals surface area contributed by atoms with Gasteiger partial charge in [-0.15, -0.1) is 0 Å². The molecule has 1 aliphatic carbocycles. The molecule has 1 aliphatic rings. The van der Waals surface area contributed by atoms with Crippen LogP contribution in [0.25, 0.3) is 0 Å². The fourth-order valence-corrected chi connectivity index (χ4v) is 3.14. The highest BCUT2D eigenvalue weighted by Crippen LogP contribution is 2.24. The van der Waals surface area contributed by atoms with E-state index in [0.717, 1.165) is 32.1 Å². The standard InChI is InChI=1S/C14H15BrF3NO/c15-9-4-2-1-3-5-12(9)19-14(20)13-10(17)6-8(16)7-11(13)18/h6-7,9,12H,1-5H2,(H,19,20). The monoisotopic (exact) mass is 349 g/mol. The largest absolute Gasteiger partial charge is 0.348 e. The summed E-state index contributed by atoms with van der Waals surface area (Å²) in [4.78, 5) is 12.1. The molecule has 0 aliphatic heterocycles. The molecule has 1 amide bonds. The molecule has 6 heteroatoms. The zero-order valence-corrected chi connectivity index (χ0v) is 12.4. The molecule has 2 unspecified atom stereocenters. The average molecular weight is 350 g/mol. The van der Waals surface area contributed by atoms with Gasteiger partial charge in [0.15, 0.2) is 0 Å². The van der Waals surface area contributed by atoms with Gasteiger partial charge in [0.25, 0.3) is 5.91 Å². The van der Waals surface area contributed by atoms with Crippen LogP contribution in [-0.4, -0.2) is 16.8 Å². The highest BCUT2D eigenvalue weighted by Gasteiger charge is 2.26. The Morgan fingerprint density at radius 2 is 1.70 bits per heavy atom. The minimum atomic E-state index is -1.18. The van der Waals surface area contributed by atoms with Gasteiger partial charge in [-0.05, 0) is 12.8 Å². The minimum Gasteiger partial charge on any atom is -0.348 e. The second-order valence-corrected chi connectivity index (χ2v) is 6.15. The Labute approximate surface area is 123 Å². The number of benzene rings is 1. The van der Waals surface area contributed by atoms with Crippen molar-refractivity contribution in [3.63, 3.8) is 0 Å². The van der Waals surface area contributed by atoms with E-state index in [2.05, 4.69) is 21.2 Å². The molecule has 1 aromatic rings. The summed E-state index contributed by atoms with van der Waals surface area (Å²) in [5.74, 6) is -4.24. The van der Waals surface area contributed by atoms with E-state index in [4.69, 9.17) is 0 Å². The molecule has 0 aromatic heterocycles. The van der Waals surface area contributed by atoms with Crippen LogP contribution in [0.5, 0.6) is 0 Å². The summed E-state index contributed by atoms with van der Waals surface area (Å²) in [5.41, 5.74) is -0.727. The fraction of sp³-hybridized carbons (Fsp3) is 0.500. The third-order valence-electron chi connectivity index (χ3n) is 3.48. The molecule has 1 fully saturated rings. The molecule has 1 aromatic carbocycles. The third-order valence-corrected chi connectivity index (χ3v) is 4.58. The summed E-state index contributed by atoms with van der Waals surface area (Å²) in [6.07, 6.45) is 4.75. The number of halogens is 4. The second-order valence-electron chi connectivity index (χ2n) is 4.98. The molecular formula is C14H15BrF3NO. The molecule has 0 heterocycles. The molecular weight excluding hydrogens is 335 g/mol. The van der Waals surface area contributed by atoms with Gasteiger partial charge in [-0.1, -0.05) is 35.2 Å². The number of hydrogen-bond acceptors (Lipinski definition) is 1. The lowest BCUT2D eigenvalue weighted by atomic mass is 10.1. The first-order valence-electron chi connectivity index (χ1n) is 6.58. The summed E-state index contributed by atoms with van der Waals surface area (Å²) >= 11 is 3.49. The molecule has 2 rings (SSSR count). The smallest absolute Gasteiger partial charge is 0.257 e. The van der Waals surface area contributed by atoms with Gasteiger partial charge in [-0.2, -0.15) is 0 Å². The van der Waals surface area contributed by atoms with Crippen LogP contribution in [0, 0.1) is 17.5 Å². The summed E-state index contributed by atoms with van der Waals surface area (Å²) in [6.45, 7) is 0. The summed E-state index contributed by atoms with van der Waals surface area (Å²) in [5, 5.41) is 2.64. The fourth-order valence-electron chi connectivity index (χ4n) is 2.42. The first-order chi connectivity index (χ1) is 9.49. The lowest BCUT2D eigenvalue weighted by molar-refractivity contribution is 0.0926. The van der Waals surface area contributed by atoms with Gasteiger partial charge in [0.2, 0.25) is 0 Å². The lowest BCUT2D eigenvalue weighted by Gasteiger charge is -2.21. The predicted molar refractivity (Wildman–Crippen MR) is 73.4 cm³/mol. The van der Waals surface area contributed by atoms with E-state index in [9.17, 15) is 18.0 Å². The highest BCUT2D eigenvalue weighted by atomic mass is 79.9. The average Bonchev–Trinajstić information content (AvgIpc) is 2.53. The zero-order valence-electron chi connectivity index (χ0n) is 10.8. The minimum absolute atomic E-state index is 0.0838. The number of carbonyl (C=O) groups excluding carboxylic acids is 1. The Morgan fingerprint density at radius 1 is 1.10 bits per heavy atom. The number of rotatable bonds is 2. The molecule has 2 nitrogen and oxygen atoms in total. The van der Waals surface area contributed by atoms with Crippen molar-refractivity contribution >= 4 is 21.8 Å². The normalized spacial score (nSPS) is 23.2. The summed E-state index contributed by atoms with van der Waals surface area (Å²) < 4.78 is 39.9. The van der Waals surface area contributed by atoms with Crippen molar-refractivity contribution in [1.29, 1.82) is 0 Å². The topological polar surface area (TPSA) is 29.1 Å². The van der Waals surface area contributed by atoms with Crippen molar-refractivity contribution in [1.82, 2.24) is 5.32 Å². The van der Waals surface area contributed by atoms with E-state index < -0.39 is 28.9 Å². The molecule has 2 atom stereocenters. The van der Waals surface area contributed by atoms with Gasteiger partial charge in [0.05, 0.1) is 0 Å². The number of hydrogen-bond donors (Lipinski definition) is 1. The van der Waals surface area contributed by atoms with Crippen molar-refractivity contribution in [3.8, 4) is 0 Å². The van der Waals surface area contributed by atoms with Crippen LogP contribution in [0.4, 0.5) is 13.2 Å². The van der Waals surface area contributed by atoms with E-state index in [1.807, 2.05) is 0 Å². The van der Waals surface area contributed by atoms with Crippen molar-refractivity contribution < 1.29 is 18.0 Å². The third kappa shape index (κ3) is 3.53. The van der Waals surface area contributed by atoms with Gasteiger partial charge in [-0.3, -0.25) is 4.79 Å². The molecule has 0 radical (unpaired) electrons. The van der Waals surface area contributed by atoms with Crippen LogP contribution in [0.15, 0.2) is 12.1 Å². The Morgan fingerprint density at radius 3 is 2.35 bits per heavy atom. The predicted octanol–water partition coefficient (Wildman–Crippen LogP) is 3.93. The van der Waals surface area contributed by atoms with E-state index in [1.165, 1.54) is 0 Å². The summed E-state index contributed by atoms with van der Waals surface area (Å²) in [7, 11) is 0. The molecule has 0 saturated heterocycles. The Kier molecular flexibility index (Phi) is 5.07. The van der Waals surface area contributed by atoms with Crippen LogP contribution in [0.1, 0.15) is 42.5 Å². The van der Waals surface area contributed by atoms with Gasteiger partial charge >= 0.3 is 0 Å². The van der Waals surface area contributed by atoms with E-state index in [1.54, 1.807) is 0 Å². The molecule has 1 saturated carbocycles. The van der Waals surface area contributed by atoms with E-state index in [-0.39, 0.29) is 10.9 Å². The van der Waals surface area contributed by atoms with Crippen LogP contribution in [0.2, 0.25) is 0 Å². The van der Waals surface area contributed by atoms with Gasteiger partial charge in [0, 0.05) is 23.0 Å². The summed E-state index contributed by atoms with van der Waals surface area (Å²) in [6, 6.07) is 0.849. The number of alkyl halides is 1. The quantitative estimate of drug-likeness (QED) is 0.636. The number of nitrogens with one attached hydrogen (secondary N) is 1. The number of carbonyl (C=O) groups is 1. The maximum absolute atomic E-state index is 13.5. The van der Waals surface area contributed by atoms with E-state index >= 15 is 0 Å². The van der Waals surface area contributed by atoms with Crippen LogP contribution >= 0.6 is 15.9 Å². The molecule has 0 spiro atoms. The highest BCUT2D eigenvalue weighted by molar-refractivity contribution is 9.09.